The summed E-state index contributed by atoms with van der Waals surface area (Å²) in [6.45, 7) is 0. The van der Waals surface area contributed by atoms with Crippen molar-refractivity contribution in [3.05, 3.63) is 46.6 Å². The van der Waals surface area contributed by atoms with Crippen LogP contribution in [0.2, 0.25) is 0 Å². The minimum absolute atomic E-state index is 0.232. The Morgan fingerprint density at radius 1 is 1.29 bits per heavy atom. The second kappa shape index (κ2) is 4.85. The molecule has 5 heteroatoms. The van der Waals surface area contributed by atoms with Crippen LogP contribution < -0.4 is 10.5 Å². The Hall–Kier alpha value is -2.06. The molecule has 1 aromatic carbocycles. The van der Waals surface area contributed by atoms with Gasteiger partial charge in [0.15, 0.2) is 0 Å². The maximum Gasteiger partial charge on any atom is 0.244 e. The number of anilines is 1. The van der Waals surface area contributed by atoms with Crippen molar-refractivity contribution in [2.45, 2.75) is 0 Å². The number of hydrogen-bond acceptors (Lipinski definition) is 4. The number of hydrogen-bond donors (Lipinski definition) is 1. The first-order valence-corrected chi connectivity index (χ1v) is 5.58. The Bertz CT molecular complexity index is 593. The maximum absolute atomic E-state index is 8.84. The molecule has 1 heterocycles. The molecule has 0 fully saturated rings. The fraction of sp³-hybridized carbons (Fsp3) is 0. The van der Waals surface area contributed by atoms with E-state index in [0.29, 0.717) is 11.3 Å². The minimum atomic E-state index is 0.232. The Balaban J connectivity index is 2.38. The molecule has 0 amide bonds. The predicted octanol–water partition coefficient (Wildman–Crippen LogP) is 3.09. The van der Waals surface area contributed by atoms with Gasteiger partial charge in [-0.25, -0.2) is 4.98 Å². The lowest BCUT2D eigenvalue weighted by atomic mass is 10.2. The van der Waals surface area contributed by atoms with Gasteiger partial charge in [-0.15, -0.1) is 0 Å². The van der Waals surface area contributed by atoms with Crippen LogP contribution in [0.15, 0.2) is 41.0 Å². The van der Waals surface area contributed by atoms with Crippen LogP contribution in [0.1, 0.15) is 5.56 Å². The first-order chi connectivity index (χ1) is 8.22. The summed E-state index contributed by atoms with van der Waals surface area (Å²) in [5.74, 6) is 0.831. The average Bonchev–Trinajstić information content (AvgIpc) is 2.34. The van der Waals surface area contributed by atoms with Crippen LogP contribution in [-0.4, -0.2) is 4.98 Å². The van der Waals surface area contributed by atoms with E-state index in [4.69, 9.17) is 15.7 Å². The second-order valence-electron chi connectivity index (χ2n) is 3.22. The zero-order valence-corrected chi connectivity index (χ0v) is 10.3. The molecule has 0 saturated heterocycles. The summed E-state index contributed by atoms with van der Waals surface area (Å²) in [6.07, 6.45) is 1.49. The smallest absolute Gasteiger partial charge is 0.244 e. The third-order valence-corrected chi connectivity index (χ3v) is 2.77. The lowest BCUT2D eigenvalue weighted by Crippen LogP contribution is -1.98. The van der Waals surface area contributed by atoms with Crippen molar-refractivity contribution in [3.63, 3.8) is 0 Å². The van der Waals surface area contributed by atoms with Gasteiger partial charge in [-0.2, -0.15) is 5.26 Å². The molecule has 0 aliphatic heterocycles. The van der Waals surface area contributed by atoms with Crippen LogP contribution in [0, 0.1) is 11.3 Å². The predicted molar refractivity (Wildman–Crippen MR) is 67.6 cm³/mol. The third kappa shape index (κ3) is 2.37. The second-order valence-corrected chi connectivity index (χ2v) is 4.08. The molecule has 0 bridgehead atoms. The first kappa shape index (κ1) is 11.4. The van der Waals surface area contributed by atoms with E-state index in [0.717, 1.165) is 4.47 Å². The molecule has 4 nitrogen and oxygen atoms in total. The molecule has 0 atom stereocenters. The summed E-state index contributed by atoms with van der Waals surface area (Å²) in [6, 6.07) is 10.9. The van der Waals surface area contributed by atoms with E-state index >= 15 is 0 Å². The van der Waals surface area contributed by atoms with Gasteiger partial charge >= 0.3 is 0 Å². The number of para-hydroxylation sites is 1. The van der Waals surface area contributed by atoms with Gasteiger partial charge in [0.2, 0.25) is 5.88 Å². The van der Waals surface area contributed by atoms with Crippen molar-refractivity contribution in [1.82, 2.24) is 4.98 Å². The van der Waals surface area contributed by atoms with Gasteiger partial charge in [0.25, 0.3) is 0 Å². The number of pyridine rings is 1. The van der Waals surface area contributed by atoms with Gasteiger partial charge in [0.05, 0.1) is 10.0 Å². The van der Waals surface area contributed by atoms with E-state index in [1.807, 2.05) is 24.3 Å². The molecule has 2 aromatic rings. The average molecular weight is 290 g/mol. The number of aromatic nitrogens is 1. The molecule has 0 radical (unpaired) electrons. The number of nitrogens with two attached hydrogens (primary N) is 1. The summed E-state index contributed by atoms with van der Waals surface area (Å²) in [5.41, 5.74) is 6.36. The number of halogens is 1. The Labute approximate surface area is 107 Å². The van der Waals surface area contributed by atoms with Gasteiger partial charge in [-0.3, -0.25) is 0 Å². The van der Waals surface area contributed by atoms with Gasteiger partial charge in [0, 0.05) is 6.20 Å². The molecular formula is C12H8BrN3O. The SMILES string of the molecule is N#Cc1ccnc(Oc2ccccc2Br)c1N. The lowest BCUT2D eigenvalue weighted by molar-refractivity contribution is 0.462. The lowest BCUT2D eigenvalue weighted by Gasteiger charge is -2.08. The summed E-state index contributed by atoms with van der Waals surface area (Å²) in [5, 5.41) is 8.84. The largest absolute Gasteiger partial charge is 0.436 e. The minimum Gasteiger partial charge on any atom is -0.436 e. The normalized spacial score (nSPS) is 9.65. The molecule has 0 saturated carbocycles. The van der Waals surface area contributed by atoms with E-state index < -0.39 is 0 Å². The topological polar surface area (TPSA) is 71.9 Å². The number of nitriles is 1. The van der Waals surface area contributed by atoms with Crippen LogP contribution in [0.5, 0.6) is 11.6 Å². The molecule has 2 rings (SSSR count). The zero-order chi connectivity index (χ0) is 12.3. The quantitative estimate of drug-likeness (QED) is 0.922. The van der Waals surface area contributed by atoms with Gasteiger partial charge in [-0.05, 0) is 34.1 Å². The highest BCUT2D eigenvalue weighted by molar-refractivity contribution is 9.10. The van der Waals surface area contributed by atoms with E-state index in [-0.39, 0.29) is 11.6 Å². The highest BCUT2D eigenvalue weighted by Gasteiger charge is 2.09. The van der Waals surface area contributed by atoms with Crippen molar-refractivity contribution in [2.75, 3.05) is 5.73 Å². The molecule has 2 N–H and O–H groups in total. The van der Waals surface area contributed by atoms with Crippen molar-refractivity contribution in [3.8, 4) is 17.7 Å². The van der Waals surface area contributed by atoms with Crippen LogP contribution in [0.25, 0.3) is 0 Å². The molecule has 1 aromatic heterocycles. The van der Waals surface area contributed by atoms with E-state index in [1.165, 1.54) is 6.20 Å². The monoisotopic (exact) mass is 289 g/mol. The Kier molecular flexibility index (Phi) is 3.26. The third-order valence-electron chi connectivity index (χ3n) is 2.12. The summed E-state index contributed by atoms with van der Waals surface area (Å²) < 4.78 is 6.34. The number of nitrogen functional groups attached to an aromatic ring is 1. The van der Waals surface area contributed by atoms with Crippen LogP contribution in [0.4, 0.5) is 5.69 Å². The molecule has 0 unspecified atom stereocenters. The standard InChI is InChI=1S/C12H8BrN3O/c13-9-3-1-2-4-10(9)17-12-11(15)8(7-14)5-6-16-12/h1-6H,15H2. The molecule has 17 heavy (non-hydrogen) atoms. The highest BCUT2D eigenvalue weighted by atomic mass is 79.9. The van der Waals surface area contributed by atoms with Crippen molar-refractivity contribution < 1.29 is 4.74 Å². The highest BCUT2D eigenvalue weighted by Crippen LogP contribution is 2.31. The van der Waals surface area contributed by atoms with Gasteiger partial charge in [-0.1, -0.05) is 12.1 Å². The van der Waals surface area contributed by atoms with Crippen molar-refractivity contribution >= 4 is 21.6 Å². The number of nitrogens with zero attached hydrogens (tertiary/aromatic N) is 2. The van der Waals surface area contributed by atoms with E-state index in [9.17, 15) is 0 Å². The van der Waals surface area contributed by atoms with Crippen LogP contribution in [0.3, 0.4) is 0 Å². The molecule has 84 valence electrons. The zero-order valence-electron chi connectivity index (χ0n) is 8.72. The van der Waals surface area contributed by atoms with Gasteiger partial charge in [0.1, 0.15) is 17.5 Å². The van der Waals surface area contributed by atoms with Crippen LogP contribution in [-0.2, 0) is 0 Å². The molecular weight excluding hydrogens is 282 g/mol. The number of ether oxygens (including phenoxy) is 1. The summed E-state index contributed by atoms with van der Waals surface area (Å²) in [4.78, 5) is 4.00. The number of benzene rings is 1. The fourth-order valence-electron chi connectivity index (χ4n) is 1.26. The van der Waals surface area contributed by atoms with Gasteiger partial charge < -0.3 is 10.5 Å². The van der Waals surface area contributed by atoms with Crippen molar-refractivity contribution in [1.29, 1.82) is 5.26 Å². The molecule has 0 spiro atoms. The number of rotatable bonds is 2. The maximum atomic E-state index is 8.84. The van der Waals surface area contributed by atoms with E-state index in [1.54, 1.807) is 12.1 Å². The summed E-state index contributed by atoms with van der Waals surface area (Å²) in [7, 11) is 0. The van der Waals surface area contributed by atoms with E-state index in [2.05, 4.69) is 20.9 Å². The molecule has 0 aliphatic carbocycles. The Morgan fingerprint density at radius 3 is 2.76 bits per heavy atom. The first-order valence-electron chi connectivity index (χ1n) is 4.79. The van der Waals surface area contributed by atoms with Crippen molar-refractivity contribution in [2.24, 2.45) is 0 Å². The fourth-order valence-corrected chi connectivity index (χ4v) is 1.63. The Morgan fingerprint density at radius 2 is 2.06 bits per heavy atom. The molecule has 0 aliphatic rings. The summed E-state index contributed by atoms with van der Waals surface area (Å²) >= 11 is 3.36. The van der Waals surface area contributed by atoms with Crippen LogP contribution >= 0.6 is 15.9 Å².